The van der Waals surface area contributed by atoms with Gasteiger partial charge >= 0.3 is 0 Å². The fraction of sp³-hybridized carbons (Fsp3) is 0.929. The molecule has 1 unspecified atom stereocenters. The van der Waals surface area contributed by atoms with Crippen LogP contribution < -0.4 is 0 Å². The maximum Gasteiger partial charge on any atom is 0.0957 e. The zero-order chi connectivity index (χ0) is 12.1. The highest BCUT2D eigenvalue weighted by Gasteiger charge is 2.19. The van der Waals surface area contributed by atoms with Crippen LogP contribution in [-0.4, -0.2) is 47.9 Å². The molecule has 1 atom stereocenters. The van der Waals surface area contributed by atoms with E-state index in [0.717, 1.165) is 31.4 Å². The fourth-order valence-corrected chi connectivity index (χ4v) is 3.09. The summed E-state index contributed by atoms with van der Waals surface area (Å²) in [6.45, 7) is 7.10. The average molecular weight is 237 g/mol. The average Bonchev–Trinajstić information content (AvgIpc) is 2.34. The minimum Gasteiger partial charge on any atom is -0.361 e. The van der Waals surface area contributed by atoms with Gasteiger partial charge in [-0.05, 0) is 45.6 Å². The first-order valence-corrected chi connectivity index (χ1v) is 7.34. The molecule has 0 spiro atoms. The van der Waals surface area contributed by atoms with Crippen LogP contribution in [-0.2, 0) is 0 Å². The van der Waals surface area contributed by atoms with Crippen molar-refractivity contribution in [2.75, 3.05) is 26.2 Å². The van der Waals surface area contributed by atoms with Crippen molar-refractivity contribution in [3.8, 4) is 0 Å². The number of nitrogens with one attached hydrogen (secondary N) is 1. The van der Waals surface area contributed by atoms with Crippen molar-refractivity contribution in [2.24, 2.45) is 0 Å². The van der Waals surface area contributed by atoms with Gasteiger partial charge in [0.1, 0.15) is 0 Å². The van der Waals surface area contributed by atoms with E-state index < -0.39 is 0 Å². The number of piperidine rings is 2. The summed E-state index contributed by atoms with van der Waals surface area (Å²) in [6.07, 6.45) is 8.89. The summed E-state index contributed by atoms with van der Waals surface area (Å²) >= 11 is 0. The van der Waals surface area contributed by atoms with Gasteiger partial charge in [-0.25, -0.2) is 0 Å². The van der Waals surface area contributed by atoms with E-state index in [-0.39, 0.29) is 0 Å². The molecule has 0 aromatic carbocycles. The predicted molar refractivity (Wildman–Crippen MR) is 72.7 cm³/mol. The molecule has 3 heteroatoms. The van der Waals surface area contributed by atoms with E-state index in [1.54, 1.807) is 0 Å². The molecule has 2 saturated heterocycles. The number of likely N-dealkylation sites (tertiary alicyclic amines) is 2. The van der Waals surface area contributed by atoms with Gasteiger partial charge in [-0.1, -0.05) is 6.42 Å². The fourth-order valence-electron chi connectivity index (χ4n) is 3.09. The number of rotatable bonds is 4. The van der Waals surface area contributed by atoms with Crippen molar-refractivity contribution in [1.29, 1.82) is 5.41 Å². The molecule has 3 nitrogen and oxygen atoms in total. The maximum atomic E-state index is 7.92. The minimum atomic E-state index is 0.782. The first-order chi connectivity index (χ1) is 8.27. The van der Waals surface area contributed by atoms with Gasteiger partial charge in [0.25, 0.3) is 0 Å². The first kappa shape index (κ1) is 12.9. The lowest BCUT2D eigenvalue weighted by Crippen LogP contribution is -2.41. The van der Waals surface area contributed by atoms with Crippen molar-refractivity contribution >= 4 is 5.84 Å². The Morgan fingerprint density at radius 1 is 1.12 bits per heavy atom. The topological polar surface area (TPSA) is 30.3 Å². The highest BCUT2D eigenvalue weighted by Crippen LogP contribution is 2.17. The zero-order valence-electron chi connectivity index (χ0n) is 11.2. The molecule has 0 saturated carbocycles. The molecule has 2 aliphatic rings. The molecule has 2 heterocycles. The standard InChI is InChI=1S/C14H27N3/c1-13-7-2-4-9-16(13)11-6-12-17-10-5-3-8-14(17)15/h13,15H,2-12H2,1H3. The maximum absolute atomic E-state index is 7.92. The number of hydrogen-bond acceptors (Lipinski definition) is 2. The lowest BCUT2D eigenvalue weighted by atomic mass is 10.0. The van der Waals surface area contributed by atoms with E-state index in [1.807, 2.05) is 0 Å². The lowest BCUT2D eigenvalue weighted by Gasteiger charge is -2.35. The normalized spacial score (nSPS) is 27.5. The van der Waals surface area contributed by atoms with Gasteiger partial charge < -0.3 is 9.80 Å². The second kappa shape index (κ2) is 6.39. The van der Waals surface area contributed by atoms with Gasteiger partial charge in [-0.2, -0.15) is 0 Å². The van der Waals surface area contributed by atoms with Gasteiger partial charge in [0.05, 0.1) is 5.84 Å². The lowest BCUT2D eigenvalue weighted by molar-refractivity contribution is 0.154. The predicted octanol–water partition coefficient (Wildman–Crippen LogP) is 2.71. The van der Waals surface area contributed by atoms with Crippen molar-refractivity contribution in [3.63, 3.8) is 0 Å². The quantitative estimate of drug-likeness (QED) is 0.815. The highest BCUT2D eigenvalue weighted by molar-refractivity contribution is 5.79. The number of amidine groups is 1. The van der Waals surface area contributed by atoms with Gasteiger partial charge in [0.15, 0.2) is 0 Å². The summed E-state index contributed by atoms with van der Waals surface area (Å²) in [5.41, 5.74) is 0. The summed E-state index contributed by atoms with van der Waals surface area (Å²) in [4.78, 5) is 4.93. The molecule has 0 radical (unpaired) electrons. The monoisotopic (exact) mass is 237 g/mol. The van der Waals surface area contributed by atoms with Crippen molar-refractivity contribution < 1.29 is 0 Å². The van der Waals surface area contributed by atoms with Gasteiger partial charge in [0, 0.05) is 32.1 Å². The smallest absolute Gasteiger partial charge is 0.0957 e. The van der Waals surface area contributed by atoms with Crippen LogP contribution in [0.15, 0.2) is 0 Å². The third kappa shape index (κ3) is 3.70. The van der Waals surface area contributed by atoms with Crippen LogP contribution in [0.5, 0.6) is 0 Å². The molecular weight excluding hydrogens is 210 g/mol. The number of hydrogen-bond donors (Lipinski definition) is 1. The Morgan fingerprint density at radius 2 is 1.94 bits per heavy atom. The Labute approximate surface area is 106 Å². The molecule has 2 fully saturated rings. The first-order valence-electron chi connectivity index (χ1n) is 7.34. The zero-order valence-corrected chi connectivity index (χ0v) is 11.2. The largest absolute Gasteiger partial charge is 0.361 e. The second-order valence-corrected chi connectivity index (χ2v) is 5.63. The van der Waals surface area contributed by atoms with E-state index in [9.17, 15) is 0 Å². The molecule has 0 aliphatic carbocycles. The van der Waals surface area contributed by atoms with Crippen LogP contribution in [0.3, 0.4) is 0 Å². The highest BCUT2D eigenvalue weighted by atomic mass is 15.2. The Bertz CT molecular complexity index is 252. The number of nitrogens with zero attached hydrogens (tertiary/aromatic N) is 2. The second-order valence-electron chi connectivity index (χ2n) is 5.63. The van der Waals surface area contributed by atoms with Gasteiger partial charge in [-0.3, -0.25) is 5.41 Å². The third-order valence-electron chi connectivity index (χ3n) is 4.29. The Hall–Kier alpha value is -0.570. The molecule has 17 heavy (non-hydrogen) atoms. The van der Waals surface area contributed by atoms with Crippen LogP contribution in [0.1, 0.15) is 51.9 Å². The van der Waals surface area contributed by atoms with Crippen LogP contribution in [0.25, 0.3) is 0 Å². The minimum absolute atomic E-state index is 0.782. The Balaban J connectivity index is 1.66. The van der Waals surface area contributed by atoms with E-state index in [1.165, 1.54) is 51.6 Å². The molecule has 0 bridgehead atoms. The van der Waals surface area contributed by atoms with E-state index in [0.29, 0.717) is 0 Å². The van der Waals surface area contributed by atoms with Crippen LogP contribution >= 0.6 is 0 Å². The van der Waals surface area contributed by atoms with E-state index in [2.05, 4.69) is 16.7 Å². The molecule has 0 aromatic heterocycles. The van der Waals surface area contributed by atoms with Crippen molar-refractivity contribution in [3.05, 3.63) is 0 Å². The summed E-state index contributed by atoms with van der Waals surface area (Å²) < 4.78 is 0. The Kier molecular flexibility index (Phi) is 4.84. The van der Waals surface area contributed by atoms with E-state index in [4.69, 9.17) is 5.41 Å². The van der Waals surface area contributed by atoms with Crippen LogP contribution in [0.4, 0.5) is 0 Å². The molecule has 0 aromatic rings. The summed E-state index contributed by atoms with van der Waals surface area (Å²) in [7, 11) is 0. The summed E-state index contributed by atoms with van der Waals surface area (Å²) in [5, 5.41) is 7.92. The van der Waals surface area contributed by atoms with Crippen LogP contribution in [0.2, 0.25) is 0 Å². The molecule has 98 valence electrons. The van der Waals surface area contributed by atoms with Gasteiger partial charge in [-0.15, -0.1) is 0 Å². The molecular formula is C14H27N3. The molecule has 2 rings (SSSR count). The summed E-state index contributed by atoms with van der Waals surface area (Å²) in [5.74, 6) is 0.878. The van der Waals surface area contributed by atoms with Crippen molar-refractivity contribution in [2.45, 2.75) is 57.9 Å². The summed E-state index contributed by atoms with van der Waals surface area (Å²) in [6, 6.07) is 0.782. The van der Waals surface area contributed by atoms with E-state index >= 15 is 0 Å². The Morgan fingerprint density at radius 3 is 2.71 bits per heavy atom. The third-order valence-corrected chi connectivity index (χ3v) is 4.29. The SMILES string of the molecule is CC1CCCCN1CCCN1CCCCC1=N. The van der Waals surface area contributed by atoms with Gasteiger partial charge in [0.2, 0.25) is 0 Å². The molecule has 1 N–H and O–H groups in total. The van der Waals surface area contributed by atoms with Crippen molar-refractivity contribution in [1.82, 2.24) is 9.80 Å². The van der Waals surface area contributed by atoms with Crippen LogP contribution in [0, 0.1) is 5.41 Å². The molecule has 2 aliphatic heterocycles. The molecule has 0 amide bonds.